The van der Waals surface area contributed by atoms with Gasteiger partial charge in [0.05, 0.1) is 16.5 Å². The van der Waals surface area contributed by atoms with Crippen LogP contribution in [0, 0.1) is 11.3 Å². The quantitative estimate of drug-likeness (QED) is 0.770. The lowest BCUT2D eigenvalue weighted by Gasteiger charge is -2.19. The van der Waals surface area contributed by atoms with Crippen LogP contribution in [0.1, 0.15) is 37.5 Å². The first-order valence-electron chi connectivity index (χ1n) is 8.37. The van der Waals surface area contributed by atoms with E-state index in [1.54, 1.807) is 0 Å². The van der Waals surface area contributed by atoms with Gasteiger partial charge in [-0.25, -0.2) is 8.42 Å². The molecule has 0 amide bonds. The van der Waals surface area contributed by atoms with Gasteiger partial charge in [-0.05, 0) is 40.8 Å². The number of hydrogen-bond donors (Lipinski definition) is 1. The van der Waals surface area contributed by atoms with Crippen LogP contribution in [0.5, 0.6) is 0 Å². The van der Waals surface area contributed by atoms with Gasteiger partial charge in [0.25, 0.3) is 0 Å². The van der Waals surface area contributed by atoms with Crippen LogP contribution in [0.4, 0.5) is 0 Å². The summed E-state index contributed by atoms with van der Waals surface area (Å²) in [6, 6.07) is 15.1. The molecule has 2 aromatic rings. The minimum absolute atomic E-state index is 0.0212. The van der Waals surface area contributed by atoms with Crippen LogP contribution in [0.3, 0.4) is 0 Å². The third kappa shape index (κ3) is 5.91. The van der Waals surface area contributed by atoms with Gasteiger partial charge in [0.2, 0.25) is 10.0 Å². The summed E-state index contributed by atoms with van der Waals surface area (Å²) in [7, 11) is -3.85. The minimum atomic E-state index is -3.85. The van der Waals surface area contributed by atoms with Gasteiger partial charge in [0.1, 0.15) is 13.2 Å². The summed E-state index contributed by atoms with van der Waals surface area (Å²) in [6.45, 7) is 5.94. The van der Waals surface area contributed by atoms with Crippen LogP contribution in [-0.2, 0) is 31.6 Å². The van der Waals surface area contributed by atoms with Crippen molar-refractivity contribution in [3.63, 3.8) is 0 Å². The number of nitriles is 1. The van der Waals surface area contributed by atoms with E-state index in [0.29, 0.717) is 5.56 Å². The third-order valence-electron chi connectivity index (χ3n) is 3.92. The number of hydrogen-bond acceptors (Lipinski definition) is 5. The molecule has 0 unspecified atom stereocenters. The van der Waals surface area contributed by atoms with Crippen molar-refractivity contribution in [1.82, 2.24) is 4.72 Å². The number of nitrogens with one attached hydrogen (secondary N) is 1. The molecule has 2 aromatic carbocycles. The maximum Gasteiger partial charge on any atom is 0.321 e. The Bertz CT molecular complexity index is 935. The van der Waals surface area contributed by atoms with E-state index in [1.807, 2.05) is 30.3 Å². The highest BCUT2D eigenvalue weighted by Gasteiger charge is 2.16. The van der Waals surface area contributed by atoms with Crippen LogP contribution in [0.2, 0.25) is 0 Å². The second kappa shape index (κ2) is 8.33. The molecule has 0 heterocycles. The van der Waals surface area contributed by atoms with E-state index in [1.165, 1.54) is 29.8 Å². The summed E-state index contributed by atoms with van der Waals surface area (Å²) in [5, 5.41) is 8.74. The zero-order valence-electron chi connectivity index (χ0n) is 15.5. The topological polar surface area (TPSA) is 96.3 Å². The van der Waals surface area contributed by atoms with E-state index >= 15 is 0 Å². The molecule has 27 heavy (non-hydrogen) atoms. The molecule has 0 aliphatic rings. The maximum atomic E-state index is 12.1. The zero-order chi connectivity index (χ0) is 20.1. The normalized spacial score (nSPS) is 11.6. The number of carbonyl (C=O) groups is 1. The third-order valence-corrected chi connectivity index (χ3v) is 5.34. The Kier molecular flexibility index (Phi) is 6.37. The molecule has 0 atom stereocenters. The molecule has 0 aliphatic heterocycles. The summed E-state index contributed by atoms with van der Waals surface area (Å²) in [4.78, 5) is 11.8. The molecular formula is C20H22N2O4S. The molecular weight excluding hydrogens is 364 g/mol. The second-order valence-electron chi connectivity index (χ2n) is 7.07. The Morgan fingerprint density at radius 2 is 1.67 bits per heavy atom. The highest BCUT2D eigenvalue weighted by molar-refractivity contribution is 7.89. The van der Waals surface area contributed by atoms with Gasteiger partial charge in [-0.1, -0.05) is 45.0 Å². The molecule has 0 saturated carbocycles. The highest BCUT2D eigenvalue weighted by atomic mass is 32.2. The summed E-state index contributed by atoms with van der Waals surface area (Å²) in [6.07, 6.45) is 0. The lowest BCUT2D eigenvalue weighted by Crippen LogP contribution is -2.30. The predicted octanol–water partition coefficient (Wildman–Crippen LogP) is 2.88. The van der Waals surface area contributed by atoms with Gasteiger partial charge >= 0.3 is 5.97 Å². The largest absolute Gasteiger partial charge is 0.460 e. The van der Waals surface area contributed by atoms with Crippen LogP contribution < -0.4 is 4.72 Å². The van der Waals surface area contributed by atoms with Gasteiger partial charge in [-0.3, -0.25) is 4.79 Å². The van der Waals surface area contributed by atoms with Gasteiger partial charge in [-0.2, -0.15) is 9.98 Å². The average Bonchev–Trinajstić information content (AvgIpc) is 2.64. The molecule has 6 nitrogen and oxygen atoms in total. The van der Waals surface area contributed by atoms with E-state index in [4.69, 9.17) is 10.00 Å². The molecule has 0 aliphatic carbocycles. The van der Waals surface area contributed by atoms with E-state index in [-0.39, 0.29) is 16.9 Å². The van der Waals surface area contributed by atoms with Crippen molar-refractivity contribution in [2.45, 2.75) is 37.7 Å². The first-order chi connectivity index (χ1) is 12.6. The zero-order valence-corrected chi connectivity index (χ0v) is 16.3. The molecule has 0 fully saturated rings. The van der Waals surface area contributed by atoms with Crippen molar-refractivity contribution in [3.05, 3.63) is 65.2 Å². The average molecular weight is 386 g/mol. The number of benzene rings is 2. The van der Waals surface area contributed by atoms with Gasteiger partial charge in [0.15, 0.2) is 0 Å². The van der Waals surface area contributed by atoms with Crippen molar-refractivity contribution in [3.8, 4) is 6.07 Å². The van der Waals surface area contributed by atoms with Gasteiger partial charge < -0.3 is 4.74 Å². The summed E-state index contributed by atoms with van der Waals surface area (Å²) in [5.41, 5.74) is 2.39. The standard InChI is InChI=1S/C20H22N2O4S/c1-20(2,3)17-8-4-16(5-9-17)14-26-19(23)13-22-27(24,25)18-10-6-15(12-21)7-11-18/h4-11,22H,13-14H2,1-3H3. The summed E-state index contributed by atoms with van der Waals surface area (Å²) < 4.78 is 31.6. The van der Waals surface area contributed by atoms with Gasteiger partial charge in [-0.15, -0.1) is 0 Å². The number of carbonyl (C=O) groups excluding carboxylic acids is 1. The Balaban J connectivity index is 1.87. The fourth-order valence-electron chi connectivity index (χ4n) is 2.26. The monoisotopic (exact) mass is 386 g/mol. The van der Waals surface area contributed by atoms with Crippen LogP contribution in [0.25, 0.3) is 0 Å². The maximum absolute atomic E-state index is 12.1. The molecule has 2 rings (SSSR count). The van der Waals surface area contributed by atoms with Crippen molar-refractivity contribution >= 4 is 16.0 Å². The van der Waals surface area contributed by atoms with E-state index in [2.05, 4.69) is 25.5 Å². The van der Waals surface area contributed by atoms with Crippen LogP contribution in [0.15, 0.2) is 53.4 Å². The Morgan fingerprint density at radius 3 is 2.19 bits per heavy atom. The van der Waals surface area contributed by atoms with E-state index < -0.39 is 22.5 Å². The van der Waals surface area contributed by atoms with Crippen molar-refractivity contribution in [2.75, 3.05) is 6.54 Å². The molecule has 142 valence electrons. The lowest BCUT2D eigenvalue weighted by atomic mass is 9.87. The SMILES string of the molecule is CC(C)(C)c1ccc(COC(=O)CNS(=O)(=O)c2ccc(C#N)cc2)cc1. The molecule has 0 bridgehead atoms. The van der Waals surface area contributed by atoms with E-state index in [9.17, 15) is 13.2 Å². The highest BCUT2D eigenvalue weighted by Crippen LogP contribution is 2.22. The van der Waals surface area contributed by atoms with Crippen molar-refractivity contribution < 1.29 is 17.9 Å². The minimum Gasteiger partial charge on any atom is -0.460 e. The first-order valence-corrected chi connectivity index (χ1v) is 9.85. The Hall–Kier alpha value is -2.69. The molecule has 0 aromatic heterocycles. The molecule has 7 heteroatoms. The molecule has 0 spiro atoms. The summed E-state index contributed by atoms with van der Waals surface area (Å²) >= 11 is 0. The predicted molar refractivity (Wildman–Crippen MR) is 101 cm³/mol. The molecule has 1 N–H and O–H groups in total. The van der Waals surface area contributed by atoms with Crippen LogP contribution >= 0.6 is 0 Å². The fraction of sp³-hybridized carbons (Fsp3) is 0.300. The smallest absolute Gasteiger partial charge is 0.321 e. The molecule has 0 radical (unpaired) electrons. The van der Waals surface area contributed by atoms with Crippen LogP contribution in [-0.4, -0.2) is 20.9 Å². The fourth-order valence-corrected chi connectivity index (χ4v) is 3.23. The number of ether oxygens (including phenoxy) is 1. The van der Waals surface area contributed by atoms with E-state index in [0.717, 1.165) is 5.56 Å². The Morgan fingerprint density at radius 1 is 1.07 bits per heavy atom. The van der Waals surface area contributed by atoms with Crippen molar-refractivity contribution in [1.29, 1.82) is 5.26 Å². The lowest BCUT2D eigenvalue weighted by molar-refractivity contribution is -0.143. The number of rotatable bonds is 6. The Labute approximate surface area is 159 Å². The van der Waals surface area contributed by atoms with Gasteiger partial charge in [0, 0.05) is 0 Å². The van der Waals surface area contributed by atoms with Crippen molar-refractivity contribution in [2.24, 2.45) is 0 Å². The molecule has 0 saturated heterocycles. The number of sulfonamides is 1. The number of nitrogens with zero attached hydrogens (tertiary/aromatic N) is 1. The summed E-state index contributed by atoms with van der Waals surface area (Å²) in [5.74, 6) is -0.674. The second-order valence-corrected chi connectivity index (χ2v) is 8.84. The number of esters is 1. The first kappa shape index (κ1) is 20.6.